The summed E-state index contributed by atoms with van der Waals surface area (Å²) in [6.07, 6.45) is 2.25. The van der Waals surface area contributed by atoms with Gasteiger partial charge in [-0.05, 0) is 31.9 Å². The Kier molecular flexibility index (Phi) is 2.94. The van der Waals surface area contributed by atoms with Crippen LogP contribution in [0.1, 0.15) is 40.5 Å². The van der Waals surface area contributed by atoms with Crippen LogP contribution < -0.4 is 4.74 Å². The number of aromatic nitrogens is 2. The van der Waals surface area contributed by atoms with Gasteiger partial charge in [0.1, 0.15) is 17.1 Å². The summed E-state index contributed by atoms with van der Waals surface area (Å²) in [6.45, 7) is 1.84. The van der Waals surface area contributed by atoms with Gasteiger partial charge >= 0.3 is 5.97 Å². The van der Waals surface area contributed by atoms with Crippen LogP contribution in [0, 0.1) is 6.92 Å². The van der Waals surface area contributed by atoms with Crippen molar-refractivity contribution in [3.8, 4) is 10.9 Å². The van der Waals surface area contributed by atoms with Gasteiger partial charge in [-0.1, -0.05) is 11.6 Å². The van der Waals surface area contributed by atoms with Crippen LogP contribution in [0.3, 0.4) is 0 Å². The molecule has 19 heavy (non-hydrogen) atoms. The van der Waals surface area contributed by atoms with Gasteiger partial charge in [-0.2, -0.15) is 9.36 Å². The fourth-order valence-corrected chi connectivity index (χ4v) is 2.39. The summed E-state index contributed by atoms with van der Waals surface area (Å²) in [5.41, 5.74) is 1.02. The molecule has 0 saturated heterocycles. The van der Waals surface area contributed by atoms with Crippen LogP contribution in [0.5, 0.6) is 10.9 Å². The van der Waals surface area contributed by atoms with Gasteiger partial charge in [-0.25, -0.2) is 4.79 Å². The molecule has 1 aromatic carbocycles. The second-order valence-corrected chi connectivity index (χ2v) is 5.31. The number of rotatable bonds is 4. The van der Waals surface area contributed by atoms with E-state index in [0.717, 1.165) is 35.8 Å². The van der Waals surface area contributed by atoms with Gasteiger partial charge in [0.05, 0.1) is 0 Å². The molecule has 1 aliphatic rings. The number of nitrogens with zero attached hydrogens (tertiary/aromatic N) is 2. The first-order chi connectivity index (χ1) is 9.13. The topological polar surface area (TPSA) is 72.3 Å². The Morgan fingerprint density at radius 2 is 2.26 bits per heavy atom. The van der Waals surface area contributed by atoms with Gasteiger partial charge in [0.2, 0.25) is 0 Å². The van der Waals surface area contributed by atoms with E-state index in [-0.39, 0.29) is 5.56 Å². The van der Waals surface area contributed by atoms with Gasteiger partial charge in [0.15, 0.2) is 0 Å². The van der Waals surface area contributed by atoms with Crippen molar-refractivity contribution in [1.29, 1.82) is 0 Å². The van der Waals surface area contributed by atoms with Gasteiger partial charge in [-0.15, -0.1) is 0 Å². The maximum absolute atomic E-state index is 11.2. The Morgan fingerprint density at radius 1 is 1.47 bits per heavy atom. The molecule has 3 rings (SSSR count). The summed E-state index contributed by atoms with van der Waals surface area (Å²) in [4.78, 5) is 15.5. The summed E-state index contributed by atoms with van der Waals surface area (Å²) in [6, 6.07) is 5.04. The van der Waals surface area contributed by atoms with E-state index in [2.05, 4.69) is 9.36 Å². The molecule has 1 heterocycles. The number of carbonyl (C=O) groups is 1. The van der Waals surface area contributed by atoms with Crippen LogP contribution in [-0.4, -0.2) is 20.4 Å². The highest BCUT2D eigenvalue weighted by Gasteiger charge is 2.28. The number of hydrogen-bond donors (Lipinski definition) is 1. The highest BCUT2D eigenvalue weighted by atomic mass is 32.1. The van der Waals surface area contributed by atoms with E-state index in [4.69, 9.17) is 9.84 Å². The van der Waals surface area contributed by atoms with E-state index >= 15 is 0 Å². The van der Waals surface area contributed by atoms with Crippen molar-refractivity contribution in [3.63, 3.8) is 0 Å². The predicted octanol–water partition coefficient (Wildman–Crippen LogP) is 3.21. The predicted molar refractivity (Wildman–Crippen MR) is 70.1 cm³/mol. The zero-order chi connectivity index (χ0) is 13.4. The number of aryl methyl sites for hydroxylation is 1. The molecule has 1 N–H and O–H groups in total. The van der Waals surface area contributed by atoms with Crippen LogP contribution in [-0.2, 0) is 0 Å². The average molecular weight is 276 g/mol. The molecule has 1 aliphatic carbocycles. The monoisotopic (exact) mass is 276 g/mol. The number of hydrogen-bond acceptors (Lipinski definition) is 5. The van der Waals surface area contributed by atoms with Crippen molar-refractivity contribution in [2.24, 2.45) is 0 Å². The standard InChI is InChI=1S/C13H12N2O3S/c1-7-2-5-10(9(6-7)12(16)17)18-13-14-11(15-19-13)8-3-4-8/h2,5-6,8H,3-4H2,1H3,(H,16,17). The summed E-state index contributed by atoms with van der Waals surface area (Å²) >= 11 is 1.16. The first-order valence-electron chi connectivity index (χ1n) is 5.99. The van der Waals surface area contributed by atoms with E-state index in [1.54, 1.807) is 12.1 Å². The number of aromatic carboxylic acids is 1. The Balaban J connectivity index is 1.87. The van der Waals surface area contributed by atoms with Crippen molar-refractivity contribution < 1.29 is 14.6 Å². The second kappa shape index (κ2) is 4.62. The summed E-state index contributed by atoms with van der Waals surface area (Å²) in [5.74, 6) is 0.566. The second-order valence-electron chi connectivity index (χ2n) is 4.60. The molecule has 0 spiro atoms. The van der Waals surface area contributed by atoms with Crippen molar-refractivity contribution in [3.05, 3.63) is 35.2 Å². The van der Waals surface area contributed by atoms with Gasteiger partial charge in [0, 0.05) is 17.5 Å². The van der Waals surface area contributed by atoms with E-state index in [0.29, 0.717) is 16.9 Å². The summed E-state index contributed by atoms with van der Waals surface area (Å²) in [5, 5.41) is 9.56. The molecule has 1 fully saturated rings. The van der Waals surface area contributed by atoms with Crippen molar-refractivity contribution in [1.82, 2.24) is 9.36 Å². The quantitative estimate of drug-likeness (QED) is 0.928. The van der Waals surface area contributed by atoms with E-state index in [1.165, 1.54) is 0 Å². The smallest absolute Gasteiger partial charge is 0.339 e. The maximum Gasteiger partial charge on any atom is 0.339 e. The third kappa shape index (κ3) is 2.58. The summed E-state index contributed by atoms with van der Waals surface area (Å²) in [7, 11) is 0. The van der Waals surface area contributed by atoms with Crippen LogP contribution in [0.15, 0.2) is 18.2 Å². The lowest BCUT2D eigenvalue weighted by Crippen LogP contribution is -2.00. The Bertz CT molecular complexity index is 635. The molecule has 0 aliphatic heterocycles. The third-order valence-electron chi connectivity index (χ3n) is 2.93. The molecule has 2 aromatic rings. The molecule has 6 heteroatoms. The largest absolute Gasteiger partial charge is 0.478 e. The lowest BCUT2D eigenvalue weighted by Gasteiger charge is -2.06. The van der Waals surface area contributed by atoms with Gasteiger partial charge < -0.3 is 9.84 Å². The molecule has 0 bridgehead atoms. The van der Waals surface area contributed by atoms with E-state index in [1.807, 2.05) is 13.0 Å². The fraction of sp³-hybridized carbons (Fsp3) is 0.308. The first-order valence-corrected chi connectivity index (χ1v) is 6.76. The zero-order valence-corrected chi connectivity index (χ0v) is 11.1. The molecular formula is C13H12N2O3S. The average Bonchev–Trinajstić information content (AvgIpc) is 3.12. The highest BCUT2D eigenvalue weighted by molar-refractivity contribution is 7.07. The number of carboxylic acids is 1. The van der Waals surface area contributed by atoms with Crippen LogP contribution >= 0.6 is 11.5 Å². The lowest BCUT2D eigenvalue weighted by molar-refractivity contribution is 0.0694. The highest BCUT2D eigenvalue weighted by Crippen LogP contribution is 2.40. The minimum atomic E-state index is -1.01. The van der Waals surface area contributed by atoms with Crippen LogP contribution in [0.25, 0.3) is 0 Å². The number of benzene rings is 1. The Labute approximate surface area is 114 Å². The van der Waals surface area contributed by atoms with Gasteiger partial charge in [0.25, 0.3) is 5.19 Å². The molecule has 5 nitrogen and oxygen atoms in total. The minimum Gasteiger partial charge on any atom is -0.478 e. The zero-order valence-electron chi connectivity index (χ0n) is 10.3. The molecule has 1 aromatic heterocycles. The Hall–Kier alpha value is -1.95. The lowest BCUT2D eigenvalue weighted by atomic mass is 10.1. The molecular weight excluding hydrogens is 264 g/mol. The minimum absolute atomic E-state index is 0.142. The fourth-order valence-electron chi connectivity index (χ4n) is 1.76. The SMILES string of the molecule is Cc1ccc(Oc2nc(C3CC3)ns2)c(C(=O)O)c1. The Morgan fingerprint density at radius 3 is 2.95 bits per heavy atom. The van der Waals surface area contributed by atoms with E-state index in [9.17, 15) is 4.79 Å². The molecule has 0 unspecified atom stereocenters. The molecule has 1 saturated carbocycles. The molecule has 0 radical (unpaired) electrons. The maximum atomic E-state index is 11.2. The van der Waals surface area contributed by atoms with Crippen molar-refractivity contribution >= 4 is 17.5 Å². The van der Waals surface area contributed by atoms with Crippen molar-refractivity contribution in [2.45, 2.75) is 25.7 Å². The normalized spacial score (nSPS) is 14.4. The van der Waals surface area contributed by atoms with Gasteiger partial charge in [-0.3, -0.25) is 0 Å². The molecule has 0 atom stereocenters. The third-order valence-corrected chi connectivity index (χ3v) is 3.54. The number of ether oxygens (including phenoxy) is 1. The van der Waals surface area contributed by atoms with Crippen LogP contribution in [0.4, 0.5) is 0 Å². The van der Waals surface area contributed by atoms with Crippen molar-refractivity contribution in [2.75, 3.05) is 0 Å². The first kappa shape index (κ1) is 12.1. The summed E-state index contributed by atoms with van der Waals surface area (Å²) < 4.78 is 9.77. The molecule has 0 amide bonds. The molecule has 98 valence electrons. The van der Waals surface area contributed by atoms with E-state index < -0.39 is 5.97 Å². The number of carboxylic acid groups (broad SMARTS) is 1. The van der Waals surface area contributed by atoms with Crippen LogP contribution in [0.2, 0.25) is 0 Å².